The van der Waals surface area contributed by atoms with Gasteiger partial charge in [0.15, 0.2) is 6.29 Å². The first-order chi connectivity index (χ1) is 5.35. The van der Waals surface area contributed by atoms with Gasteiger partial charge >= 0.3 is 0 Å². The summed E-state index contributed by atoms with van der Waals surface area (Å²) in [4.78, 5) is 0. The van der Waals surface area contributed by atoms with Gasteiger partial charge in [-0.15, -0.1) is 0 Å². The third-order valence-electron chi connectivity index (χ3n) is 1.41. The Morgan fingerprint density at radius 2 is 1.82 bits per heavy atom. The molecule has 3 nitrogen and oxygen atoms in total. The Kier molecular flexibility index (Phi) is 7.89. The van der Waals surface area contributed by atoms with E-state index in [2.05, 4.69) is 6.42 Å². The molecule has 0 saturated heterocycles. The second kappa shape index (κ2) is 7.98. The zero-order valence-corrected chi connectivity index (χ0v) is 7.50. The molecule has 0 aliphatic carbocycles. The Hall–Kier alpha value is -0.120. The Morgan fingerprint density at radius 1 is 1.18 bits per heavy atom. The van der Waals surface area contributed by atoms with Gasteiger partial charge in [-0.3, -0.25) is 0 Å². The molecule has 0 aliphatic heterocycles. The third kappa shape index (κ3) is 6.28. The van der Waals surface area contributed by atoms with E-state index in [0.29, 0.717) is 0 Å². The van der Waals surface area contributed by atoms with Crippen LogP contribution in [0.15, 0.2) is 0 Å². The first-order valence-corrected chi connectivity index (χ1v) is 3.71. The van der Waals surface area contributed by atoms with Crippen molar-refractivity contribution in [3.05, 3.63) is 6.42 Å². The van der Waals surface area contributed by atoms with E-state index >= 15 is 0 Å². The standard InChI is InChI=1S/C8H17O3/c1-9-7-5-4-6-8(10-2)11-3/h4,8H,5-7H2,1-3H3. The summed E-state index contributed by atoms with van der Waals surface area (Å²) in [6, 6.07) is 0. The largest absolute Gasteiger partial charge is 0.385 e. The second-order valence-electron chi connectivity index (χ2n) is 2.21. The zero-order valence-electron chi connectivity index (χ0n) is 7.50. The van der Waals surface area contributed by atoms with Gasteiger partial charge in [-0.1, -0.05) is 0 Å². The lowest BCUT2D eigenvalue weighted by Gasteiger charge is -2.11. The van der Waals surface area contributed by atoms with Crippen LogP contribution in [0.5, 0.6) is 0 Å². The van der Waals surface area contributed by atoms with Crippen LogP contribution in [0.3, 0.4) is 0 Å². The highest BCUT2D eigenvalue weighted by Gasteiger charge is 2.03. The van der Waals surface area contributed by atoms with Crippen LogP contribution in [0.1, 0.15) is 12.8 Å². The average molecular weight is 161 g/mol. The lowest BCUT2D eigenvalue weighted by Crippen LogP contribution is -2.12. The average Bonchev–Trinajstić information content (AvgIpc) is 2.05. The van der Waals surface area contributed by atoms with Gasteiger partial charge in [0.05, 0.1) is 0 Å². The van der Waals surface area contributed by atoms with E-state index in [-0.39, 0.29) is 6.29 Å². The fourth-order valence-electron chi connectivity index (χ4n) is 0.744. The zero-order chi connectivity index (χ0) is 8.53. The summed E-state index contributed by atoms with van der Waals surface area (Å²) >= 11 is 0. The van der Waals surface area contributed by atoms with Crippen molar-refractivity contribution in [2.75, 3.05) is 27.9 Å². The fourth-order valence-corrected chi connectivity index (χ4v) is 0.744. The minimum Gasteiger partial charge on any atom is -0.385 e. The van der Waals surface area contributed by atoms with Crippen molar-refractivity contribution in [1.82, 2.24) is 0 Å². The molecule has 0 aromatic heterocycles. The van der Waals surface area contributed by atoms with E-state index in [1.807, 2.05) is 0 Å². The second-order valence-corrected chi connectivity index (χ2v) is 2.21. The van der Waals surface area contributed by atoms with E-state index in [1.165, 1.54) is 0 Å². The normalized spacial score (nSPS) is 10.9. The summed E-state index contributed by atoms with van der Waals surface area (Å²) in [5.74, 6) is 0. The Morgan fingerprint density at radius 3 is 2.27 bits per heavy atom. The van der Waals surface area contributed by atoms with E-state index in [1.54, 1.807) is 21.3 Å². The van der Waals surface area contributed by atoms with Crippen molar-refractivity contribution in [1.29, 1.82) is 0 Å². The molecule has 67 valence electrons. The molecular formula is C8H17O3. The number of hydrogen-bond donors (Lipinski definition) is 0. The molecule has 0 atom stereocenters. The van der Waals surface area contributed by atoms with Crippen molar-refractivity contribution in [3.63, 3.8) is 0 Å². The lowest BCUT2D eigenvalue weighted by molar-refractivity contribution is -0.101. The third-order valence-corrected chi connectivity index (χ3v) is 1.41. The smallest absolute Gasteiger partial charge is 0.157 e. The Bertz CT molecular complexity index is 71.7. The van der Waals surface area contributed by atoms with Crippen LogP contribution < -0.4 is 0 Å². The molecule has 11 heavy (non-hydrogen) atoms. The van der Waals surface area contributed by atoms with Gasteiger partial charge < -0.3 is 14.2 Å². The summed E-state index contributed by atoms with van der Waals surface area (Å²) in [6.07, 6.45) is 3.75. The molecule has 0 saturated carbocycles. The Labute approximate surface area is 68.6 Å². The molecule has 1 radical (unpaired) electrons. The molecular weight excluding hydrogens is 144 g/mol. The van der Waals surface area contributed by atoms with Crippen LogP contribution in [0, 0.1) is 6.42 Å². The fraction of sp³-hybridized carbons (Fsp3) is 0.875. The quantitative estimate of drug-likeness (QED) is 0.415. The molecule has 3 heteroatoms. The minimum absolute atomic E-state index is 0.105. The maximum atomic E-state index is 4.99. The van der Waals surface area contributed by atoms with Gasteiger partial charge in [0, 0.05) is 34.4 Å². The highest BCUT2D eigenvalue weighted by molar-refractivity contribution is 4.65. The monoisotopic (exact) mass is 161 g/mol. The SMILES string of the molecule is COCC[CH]CC(OC)OC. The number of ether oxygens (including phenoxy) is 3. The van der Waals surface area contributed by atoms with E-state index in [9.17, 15) is 0 Å². The number of unbranched alkanes of at least 4 members (excludes halogenated alkanes) is 1. The van der Waals surface area contributed by atoms with Gasteiger partial charge in [0.2, 0.25) is 0 Å². The molecule has 0 spiro atoms. The molecule has 0 aromatic carbocycles. The van der Waals surface area contributed by atoms with E-state index in [4.69, 9.17) is 14.2 Å². The summed E-state index contributed by atoms with van der Waals surface area (Å²) < 4.78 is 14.8. The van der Waals surface area contributed by atoms with Crippen molar-refractivity contribution in [2.24, 2.45) is 0 Å². The predicted octanol–water partition coefficient (Wildman–Crippen LogP) is 1.24. The molecule has 0 unspecified atom stereocenters. The molecule has 0 rings (SSSR count). The van der Waals surface area contributed by atoms with E-state index in [0.717, 1.165) is 19.4 Å². The van der Waals surface area contributed by atoms with Crippen molar-refractivity contribution >= 4 is 0 Å². The summed E-state index contributed by atoms with van der Waals surface area (Å²) in [7, 11) is 4.97. The van der Waals surface area contributed by atoms with Crippen molar-refractivity contribution < 1.29 is 14.2 Å². The van der Waals surface area contributed by atoms with Gasteiger partial charge in [0.1, 0.15) is 0 Å². The highest BCUT2D eigenvalue weighted by Crippen LogP contribution is 2.02. The van der Waals surface area contributed by atoms with Gasteiger partial charge in [-0.05, 0) is 12.8 Å². The van der Waals surface area contributed by atoms with Crippen LogP contribution in [0.25, 0.3) is 0 Å². The van der Waals surface area contributed by atoms with Gasteiger partial charge in [-0.25, -0.2) is 0 Å². The lowest BCUT2D eigenvalue weighted by atomic mass is 10.2. The maximum Gasteiger partial charge on any atom is 0.157 e. The van der Waals surface area contributed by atoms with Gasteiger partial charge in [-0.2, -0.15) is 0 Å². The van der Waals surface area contributed by atoms with Crippen LogP contribution in [-0.2, 0) is 14.2 Å². The molecule has 0 heterocycles. The summed E-state index contributed by atoms with van der Waals surface area (Å²) in [6.45, 7) is 0.764. The van der Waals surface area contributed by atoms with Crippen LogP contribution in [-0.4, -0.2) is 34.2 Å². The van der Waals surface area contributed by atoms with Crippen LogP contribution in [0.2, 0.25) is 0 Å². The summed E-state index contributed by atoms with van der Waals surface area (Å²) in [5.41, 5.74) is 0. The van der Waals surface area contributed by atoms with Crippen molar-refractivity contribution in [2.45, 2.75) is 19.1 Å². The van der Waals surface area contributed by atoms with E-state index < -0.39 is 0 Å². The maximum absolute atomic E-state index is 4.99. The first kappa shape index (κ1) is 10.9. The number of hydrogen-bond acceptors (Lipinski definition) is 3. The van der Waals surface area contributed by atoms with Crippen LogP contribution in [0.4, 0.5) is 0 Å². The Balaban J connectivity index is 3.07. The first-order valence-electron chi connectivity index (χ1n) is 3.71. The number of rotatable bonds is 7. The molecule has 0 fully saturated rings. The molecule has 0 aromatic rings. The molecule has 0 bridgehead atoms. The number of methoxy groups -OCH3 is 3. The topological polar surface area (TPSA) is 27.7 Å². The summed E-state index contributed by atoms with van der Waals surface area (Å²) in [5, 5.41) is 0. The van der Waals surface area contributed by atoms with Crippen LogP contribution >= 0.6 is 0 Å². The minimum atomic E-state index is -0.105. The predicted molar refractivity (Wildman–Crippen MR) is 43.2 cm³/mol. The van der Waals surface area contributed by atoms with Crippen molar-refractivity contribution in [3.8, 4) is 0 Å². The molecule has 0 amide bonds. The molecule has 0 N–H and O–H groups in total. The highest BCUT2D eigenvalue weighted by atomic mass is 16.7. The molecule has 0 aliphatic rings. The van der Waals surface area contributed by atoms with Gasteiger partial charge in [0.25, 0.3) is 0 Å².